The molecule has 1 heterocycles. The number of nitrogens with zero attached hydrogens (tertiary/aromatic N) is 2. The van der Waals surface area contributed by atoms with E-state index in [1.165, 1.54) is 6.07 Å². The molecule has 1 aliphatic heterocycles. The summed E-state index contributed by atoms with van der Waals surface area (Å²) in [4.78, 5) is 67.9. The number of aliphatic hydroxyl groups is 1. The number of carbonyl (C=O) groups excluding carboxylic acids is 5. The molecule has 12 nitrogen and oxygen atoms in total. The fourth-order valence-electron chi connectivity index (χ4n) is 7.29. The number of likely N-dealkylation sites (tertiary alicyclic amines) is 1. The normalized spacial score (nSPS) is 14.3. The van der Waals surface area contributed by atoms with Gasteiger partial charge in [0.25, 0.3) is 11.8 Å². The zero-order valence-electron chi connectivity index (χ0n) is 36.0. The zero-order chi connectivity index (χ0) is 43.5. The molecule has 0 bridgehead atoms. The molecular formula is C45H67F2N5O7. The number of carbonyl (C=O) groups is 5. The van der Waals surface area contributed by atoms with Gasteiger partial charge in [0.2, 0.25) is 11.8 Å². The molecule has 5 amide bonds. The number of nitrogens with one attached hydrogen (secondary N) is 3. The van der Waals surface area contributed by atoms with Crippen LogP contribution in [-0.2, 0) is 20.7 Å². The summed E-state index contributed by atoms with van der Waals surface area (Å²) in [5.74, 6) is -2.05. The van der Waals surface area contributed by atoms with Gasteiger partial charge in [-0.1, -0.05) is 20.3 Å². The zero-order valence-corrected chi connectivity index (χ0v) is 36.0. The maximum atomic E-state index is 14.1. The van der Waals surface area contributed by atoms with Crippen molar-refractivity contribution in [1.82, 2.24) is 25.8 Å². The first-order valence-electron chi connectivity index (χ1n) is 21.3. The molecule has 59 heavy (non-hydrogen) atoms. The van der Waals surface area contributed by atoms with E-state index in [0.717, 1.165) is 63.1 Å². The summed E-state index contributed by atoms with van der Waals surface area (Å²) in [5.41, 5.74) is 0.989. The number of unbranched alkanes of at least 4 members (excludes halogenated alkanes) is 2. The van der Waals surface area contributed by atoms with Gasteiger partial charge in [-0.05, 0) is 133 Å². The average molecular weight is 828 g/mol. The largest absolute Gasteiger partial charge is 0.444 e. The van der Waals surface area contributed by atoms with Gasteiger partial charge >= 0.3 is 6.09 Å². The Morgan fingerprint density at radius 3 is 2.14 bits per heavy atom. The van der Waals surface area contributed by atoms with E-state index in [4.69, 9.17) is 4.74 Å². The second-order valence-electron chi connectivity index (χ2n) is 16.7. The highest BCUT2D eigenvalue weighted by atomic mass is 19.1. The minimum Gasteiger partial charge on any atom is -0.444 e. The van der Waals surface area contributed by atoms with E-state index in [2.05, 4.69) is 16.0 Å². The van der Waals surface area contributed by atoms with E-state index >= 15 is 0 Å². The highest BCUT2D eigenvalue weighted by Gasteiger charge is 2.26. The molecule has 2 aromatic rings. The van der Waals surface area contributed by atoms with Gasteiger partial charge in [-0.3, -0.25) is 19.2 Å². The molecule has 2 aromatic carbocycles. The van der Waals surface area contributed by atoms with Crippen LogP contribution in [0, 0.1) is 24.5 Å². The third-order valence-electron chi connectivity index (χ3n) is 10.3. The Hall–Kier alpha value is -4.59. The van der Waals surface area contributed by atoms with Crippen LogP contribution < -0.4 is 16.0 Å². The van der Waals surface area contributed by atoms with Crippen LogP contribution in [0.15, 0.2) is 36.4 Å². The van der Waals surface area contributed by atoms with E-state index in [9.17, 15) is 37.9 Å². The SMILES string of the molecule is CCCN(CCC)C(=O)c1cc(C)cc(C(=O)NC(Cc2cc(F)cc(F)c2)C(O)CCNC(=O)CCC2CCN(C(=O)CCCCCNC(=O)OC(C)(C)C)CC2)c1. The van der Waals surface area contributed by atoms with Crippen LogP contribution in [0.25, 0.3) is 0 Å². The summed E-state index contributed by atoms with van der Waals surface area (Å²) >= 11 is 0. The van der Waals surface area contributed by atoms with Gasteiger partial charge in [-0.25, -0.2) is 13.6 Å². The van der Waals surface area contributed by atoms with Crippen LogP contribution in [0.4, 0.5) is 13.6 Å². The Morgan fingerprint density at radius 1 is 0.864 bits per heavy atom. The number of aryl methyl sites for hydroxylation is 1. The van der Waals surface area contributed by atoms with Crippen molar-refractivity contribution in [3.63, 3.8) is 0 Å². The number of alkyl carbamates (subject to hydrolysis) is 1. The van der Waals surface area contributed by atoms with Gasteiger partial charge in [-0.15, -0.1) is 0 Å². The lowest BCUT2D eigenvalue weighted by Gasteiger charge is -2.32. The van der Waals surface area contributed by atoms with Crippen molar-refractivity contribution in [2.45, 2.75) is 136 Å². The maximum Gasteiger partial charge on any atom is 0.407 e. The topological polar surface area (TPSA) is 157 Å². The average Bonchev–Trinajstić information content (AvgIpc) is 3.16. The standard InChI is InChI=1S/C45H67F2N5O7/c1-7-20-52(21-8-2)43(57)35-25-31(3)24-34(29-35)42(56)50-38(28-33-26-36(46)30-37(47)27-33)39(53)15-19-48-40(54)14-13-32-16-22-51(23-17-32)41(55)12-10-9-11-18-49-44(58)59-45(4,5)6/h24-27,29-30,32,38-39,53H,7-23,28H2,1-6H3,(H,48,54)(H,49,58)(H,50,56). The number of ether oxygens (including phenoxy) is 1. The quantitative estimate of drug-likeness (QED) is 0.0947. The van der Waals surface area contributed by atoms with Gasteiger partial charge < -0.3 is 35.6 Å². The second kappa shape index (κ2) is 24.5. The van der Waals surface area contributed by atoms with E-state index in [1.54, 1.807) is 24.0 Å². The summed E-state index contributed by atoms with van der Waals surface area (Å²) in [6, 6.07) is 6.97. The van der Waals surface area contributed by atoms with Crippen molar-refractivity contribution in [2.75, 3.05) is 39.3 Å². The number of piperidine rings is 1. The van der Waals surface area contributed by atoms with Crippen molar-refractivity contribution in [3.05, 3.63) is 70.3 Å². The molecule has 3 rings (SSSR count). The molecule has 1 fully saturated rings. The Labute approximate surface area is 349 Å². The van der Waals surface area contributed by atoms with Crippen LogP contribution in [0.2, 0.25) is 0 Å². The highest BCUT2D eigenvalue weighted by molar-refractivity contribution is 6.00. The lowest BCUT2D eigenvalue weighted by atomic mass is 9.91. The molecule has 328 valence electrons. The van der Waals surface area contributed by atoms with E-state index in [1.807, 2.05) is 39.5 Å². The first kappa shape index (κ1) is 48.8. The molecular weight excluding hydrogens is 761 g/mol. The fraction of sp³-hybridized carbons (Fsp3) is 0.622. The number of aliphatic hydroxyl groups excluding tert-OH is 1. The van der Waals surface area contributed by atoms with Crippen LogP contribution in [-0.4, -0.2) is 102 Å². The number of halogens is 2. The second-order valence-corrected chi connectivity index (χ2v) is 16.7. The maximum absolute atomic E-state index is 14.1. The molecule has 0 radical (unpaired) electrons. The third kappa shape index (κ3) is 18.1. The number of hydrogen-bond donors (Lipinski definition) is 4. The Kier molecular flexibility index (Phi) is 20.2. The van der Waals surface area contributed by atoms with Crippen molar-refractivity contribution < 1.29 is 42.6 Å². The molecule has 0 spiro atoms. The van der Waals surface area contributed by atoms with Gasteiger partial charge in [-0.2, -0.15) is 0 Å². The number of hydrogen-bond acceptors (Lipinski definition) is 7. The molecule has 14 heteroatoms. The Morgan fingerprint density at radius 2 is 1.51 bits per heavy atom. The van der Waals surface area contributed by atoms with Crippen molar-refractivity contribution in [1.29, 1.82) is 0 Å². The predicted octanol–water partition coefficient (Wildman–Crippen LogP) is 6.85. The van der Waals surface area contributed by atoms with E-state index < -0.39 is 41.4 Å². The highest BCUT2D eigenvalue weighted by Crippen LogP contribution is 2.23. The van der Waals surface area contributed by atoms with Gasteiger partial charge in [0.15, 0.2) is 0 Å². The lowest BCUT2D eigenvalue weighted by Crippen LogP contribution is -2.46. The molecule has 1 saturated heterocycles. The predicted molar refractivity (Wildman–Crippen MR) is 224 cm³/mol. The van der Waals surface area contributed by atoms with Crippen molar-refractivity contribution in [2.24, 2.45) is 5.92 Å². The van der Waals surface area contributed by atoms with Gasteiger partial charge in [0.1, 0.15) is 17.2 Å². The van der Waals surface area contributed by atoms with Crippen LogP contribution in [0.3, 0.4) is 0 Å². The van der Waals surface area contributed by atoms with Crippen LogP contribution >= 0.6 is 0 Å². The monoisotopic (exact) mass is 828 g/mol. The third-order valence-corrected chi connectivity index (χ3v) is 10.3. The molecule has 2 unspecified atom stereocenters. The van der Waals surface area contributed by atoms with Crippen molar-refractivity contribution >= 4 is 29.7 Å². The lowest BCUT2D eigenvalue weighted by molar-refractivity contribution is -0.133. The van der Waals surface area contributed by atoms with Crippen molar-refractivity contribution in [3.8, 4) is 0 Å². The van der Waals surface area contributed by atoms with Crippen LogP contribution in [0.5, 0.6) is 0 Å². The summed E-state index contributed by atoms with van der Waals surface area (Å²) in [6.45, 7) is 14.3. The number of rotatable bonds is 22. The molecule has 2 atom stereocenters. The molecule has 1 aliphatic rings. The fourth-order valence-corrected chi connectivity index (χ4v) is 7.29. The van der Waals surface area contributed by atoms with E-state index in [0.29, 0.717) is 62.6 Å². The molecule has 0 saturated carbocycles. The van der Waals surface area contributed by atoms with Crippen LogP contribution in [0.1, 0.15) is 137 Å². The Bertz CT molecular complexity index is 1670. The number of amides is 5. The molecule has 0 aromatic heterocycles. The smallest absolute Gasteiger partial charge is 0.407 e. The first-order valence-corrected chi connectivity index (χ1v) is 21.3. The summed E-state index contributed by atoms with van der Waals surface area (Å²) in [5, 5.41) is 19.7. The minimum absolute atomic E-state index is 0.0653. The van der Waals surface area contributed by atoms with Gasteiger partial charge in [0, 0.05) is 69.3 Å². The van der Waals surface area contributed by atoms with Gasteiger partial charge in [0.05, 0.1) is 12.1 Å². The summed E-state index contributed by atoms with van der Waals surface area (Å²) in [6.07, 6.45) is 5.30. The minimum atomic E-state index is -1.18. The molecule has 4 N–H and O–H groups in total. The first-order chi connectivity index (χ1) is 28.0. The molecule has 0 aliphatic carbocycles. The summed E-state index contributed by atoms with van der Waals surface area (Å²) < 4.78 is 33.5. The Balaban J connectivity index is 1.47. The van der Waals surface area contributed by atoms with E-state index in [-0.39, 0.29) is 54.7 Å². The number of benzene rings is 2. The summed E-state index contributed by atoms with van der Waals surface area (Å²) in [7, 11) is 0.